The smallest absolute Gasteiger partial charge is 0.0546 e. The molecule has 1 aliphatic heterocycles. The maximum Gasteiger partial charge on any atom is 0.0546 e. The van der Waals surface area contributed by atoms with Gasteiger partial charge in [0.2, 0.25) is 0 Å². The van der Waals surface area contributed by atoms with Crippen LogP contribution in [0.3, 0.4) is 0 Å². The number of hydrogen-bond donors (Lipinski definition) is 0. The summed E-state index contributed by atoms with van der Waals surface area (Å²) in [6.45, 7) is 7.25. The third kappa shape index (κ3) is 3.42. The van der Waals surface area contributed by atoms with Gasteiger partial charge in [0, 0.05) is 27.5 Å². The summed E-state index contributed by atoms with van der Waals surface area (Å²) in [7, 11) is 0. The van der Waals surface area contributed by atoms with Crippen molar-refractivity contribution in [1.82, 2.24) is 0 Å². The predicted molar refractivity (Wildman–Crippen MR) is 210 cm³/mol. The molecule has 50 heavy (non-hydrogen) atoms. The second-order valence-electron chi connectivity index (χ2n) is 15.0. The molecule has 1 unspecified atom stereocenters. The van der Waals surface area contributed by atoms with E-state index in [0.717, 1.165) is 0 Å². The lowest BCUT2D eigenvalue weighted by atomic mass is 9.67. The maximum atomic E-state index is 2.56. The van der Waals surface area contributed by atoms with Crippen molar-refractivity contribution in [3.63, 3.8) is 0 Å². The minimum absolute atomic E-state index is 0.162. The van der Waals surface area contributed by atoms with E-state index in [-0.39, 0.29) is 10.8 Å². The monoisotopic (exact) mass is 637 g/mol. The molecule has 4 bridgehead atoms. The Morgan fingerprint density at radius 2 is 1.10 bits per heavy atom. The van der Waals surface area contributed by atoms with Crippen molar-refractivity contribution in [3.05, 3.63) is 186 Å². The van der Waals surface area contributed by atoms with Crippen LogP contribution in [-0.4, -0.2) is 0 Å². The lowest BCUT2D eigenvalue weighted by molar-refractivity contribution is 0.645. The Morgan fingerprint density at radius 3 is 1.98 bits per heavy atom. The van der Waals surface area contributed by atoms with Gasteiger partial charge in [-0.15, -0.1) is 0 Å². The van der Waals surface area contributed by atoms with Gasteiger partial charge in [0.1, 0.15) is 0 Å². The second-order valence-corrected chi connectivity index (χ2v) is 15.0. The Kier molecular flexibility index (Phi) is 5.38. The summed E-state index contributed by atoms with van der Waals surface area (Å²) in [5.41, 5.74) is 17.7. The molecule has 11 rings (SSSR count). The minimum atomic E-state index is -0.350. The van der Waals surface area contributed by atoms with Crippen molar-refractivity contribution in [3.8, 4) is 33.4 Å². The molecule has 0 saturated carbocycles. The van der Waals surface area contributed by atoms with E-state index >= 15 is 0 Å². The summed E-state index contributed by atoms with van der Waals surface area (Å²) in [4.78, 5) is 2.56. The van der Waals surface area contributed by atoms with E-state index in [0.29, 0.717) is 0 Å². The molecule has 0 aromatic heterocycles. The van der Waals surface area contributed by atoms with Gasteiger partial charge in [0.05, 0.1) is 11.4 Å². The minimum Gasteiger partial charge on any atom is -0.309 e. The maximum absolute atomic E-state index is 2.56. The molecule has 0 fully saturated rings. The molecule has 0 spiro atoms. The highest BCUT2D eigenvalue weighted by atomic mass is 15.1. The Labute approximate surface area is 293 Å². The Balaban J connectivity index is 1.37. The van der Waals surface area contributed by atoms with Crippen molar-refractivity contribution in [2.75, 3.05) is 4.90 Å². The second kappa shape index (κ2) is 9.61. The SMILES string of the molecule is CC1(C)c2ccc3cc2-c2c(ccc4cccc1c24)N(c1cccc2ccccc12)c1ccc2c(c1)C(C)(c1ccccc1-3)c1ccccc1-2. The third-order valence-corrected chi connectivity index (χ3v) is 12.2. The van der Waals surface area contributed by atoms with Gasteiger partial charge in [0.25, 0.3) is 0 Å². The molecule has 0 amide bonds. The van der Waals surface area contributed by atoms with Crippen LogP contribution >= 0.6 is 0 Å². The molecule has 1 heteroatoms. The van der Waals surface area contributed by atoms with Crippen molar-refractivity contribution in [1.29, 1.82) is 0 Å². The summed E-state index contributed by atoms with van der Waals surface area (Å²) in [6, 6.07) is 59.9. The lowest BCUT2D eigenvalue weighted by Crippen LogP contribution is -2.26. The van der Waals surface area contributed by atoms with E-state index in [1.54, 1.807) is 0 Å². The number of nitrogens with zero attached hydrogens (tertiary/aromatic N) is 1. The average molecular weight is 638 g/mol. The zero-order valence-corrected chi connectivity index (χ0v) is 28.5. The molecule has 0 saturated heterocycles. The van der Waals surface area contributed by atoms with E-state index in [2.05, 4.69) is 183 Å². The van der Waals surface area contributed by atoms with Crippen LogP contribution in [0.1, 0.15) is 48.6 Å². The van der Waals surface area contributed by atoms with Gasteiger partial charge >= 0.3 is 0 Å². The fourth-order valence-corrected chi connectivity index (χ4v) is 9.85. The Bertz CT molecular complexity index is 2760. The van der Waals surface area contributed by atoms with Crippen LogP contribution in [0, 0.1) is 0 Å². The summed E-state index contributed by atoms with van der Waals surface area (Å²) >= 11 is 0. The first-order valence-corrected chi connectivity index (χ1v) is 17.8. The largest absolute Gasteiger partial charge is 0.309 e. The van der Waals surface area contributed by atoms with Gasteiger partial charge in [-0.25, -0.2) is 0 Å². The van der Waals surface area contributed by atoms with Crippen LogP contribution in [0.2, 0.25) is 0 Å². The van der Waals surface area contributed by atoms with Crippen LogP contribution < -0.4 is 4.90 Å². The number of hydrogen-bond acceptors (Lipinski definition) is 1. The Morgan fingerprint density at radius 1 is 0.420 bits per heavy atom. The highest BCUT2D eigenvalue weighted by Crippen LogP contribution is 2.59. The third-order valence-electron chi connectivity index (χ3n) is 12.2. The standard InChI is InChI=1S/C49H35N/c1-48(2)39-26-22-32-28-38(39)47-45(27-23-31-14-10-20-42(48)46(31)47)50(44-21-11-13-30-12-4-5-16-35(30)44)33-24-25-37-36-17-7-9-19-41(36)49(3,43(37)29-33)40-18-8-6-15-34(32)40/h4-29H,1-3H3. The molecule has 1 nitrogen and oxygen atoms in total. The molecular weight excluding hydrogens is 603 g/mol. The van der Waals surface area contributed by atoms with Crippen molar-refractivity contribution < 1.29 is 0 Å². The molecule has 0 radical (unpaired) electrons. The normalized spacial score (nSPS) is 17.3. The highest BCUT2D eigenvalue weighted by molar-refractivity contribution is 6.12. The van der Waals surface area contributed by atoms with Gasteiger partial charge in [0.15, 0.2) is 0 Å². The van der Waals surface area contributed by atoms with Crippen LogP contribution in [0.5, 0.6) is 0 Å². The topological polar surface area (TPSA) is 3.24 Å². The van der Waals surface area contributed by atoms with Crippen molar-refractivity contribution in [2.45, 2.75) is 31.6 Å². The first kappa shape index (κ1) is 28.0. The van der Waals surface area contributed by atoms with Crippen molar-refractivity contribution in [2.24, 2.45) is 0 Å². The van der Waals surface area contributed by atoms with Gasteiger partial charge in [-0.05, 0) is 109 Å². The van der Waals surface area contributed by atoms with Crippen LogP contribution in [0.15, 0.2) is 158 Å². The lowest BCUT2D eigenvalue weighted by Gasteiger charge is -2.39. The molecule has 2 aliphatic carbocycles. The molecule has 8 aromatic rings. The predicted octanol–water partition coefficient (Wildman–Crippen LogP) is 13.1. The fraction of sp³-hybridized carbons (Fsp3) is 0.102. The van der Waals surface area contributed by atoms with Crippen LogP contribution in [0.25, 0.3) is 54.9 Å². The zero-order valence-electron chi connectivity index (χ0n) is 28.5. The van der Waals surface area contributed by atoms with E-state index in [9.17, 15) is 0 Å². The van der Waals surface area contributed by atoms with Crippen LogP contribution in [0.4, 0.5) is 17.1 Å². The first-order valence-electron chi connectivity index (χ1n) is 17.8. The van der Waals surface area contributed by atoms with Gasteiger partial charge in [-0.1, -0.05) is 141 Å². The number of anilines is 3. The average Bonchev–Trinajstić information content (AvgIpc) is 3.41. The quantitative estimate of drug-likeness (QED) is 0.173. The zero-order chi connectivity index (χ0) is 33.4. The molecule has 236 valence electrons. The van der Waals surface area contributed by atoms with E-state index in [4.69, 9.17) is 0 Å². The molecular formula is C49H35N. The summed E-state index contributed by atoms with van der Waals surface area (Å²) in [5.74, 6) is 0. The van der Waals surface area contributed by atoms with Gasteiger partial charge < -0.3 is 4.90 Å². The first-order chi connectivity index (χ1) is 24.4. The number of benzene rings is 8. The molecule has 0 N–H and O–H groups in total. The number of rotatable bonds is 1. The van der Waals surface area contributed by atoms with Gasteiger partial charge in [-0.2, -0.15) is 0 Å². The summed E-state index contributed by atoms with van der Waals surface area (Å²) in [5, 5.41) is 5.12. The molecule has 8 aromatic carbocycles. The summed E-state index contributed by atoms with van der Waals surface area (Å²) in [6.07, 6.45) is 0. The fourth-order valence-electron chi connectivity index (χ4n) is 9.85. The van der Waals surface area contributed by atoms with Gasteiger partial charge in [-0.3, -0.25) is 0 Å². The molecule has 3 aliphatic rings. The number of fused-ring (bicyclic) bond motifs is 9. The highest BCUT2D eigenvalue weighted by Gasteiger charge is 2.43. The van der Waals surface area contributed by atoms with E-state index in [1.807, 2.05) is 0 Å². The summed E-state index contributed by atoms with van der Waals surface area (Å²) < 4.78 is 0. The van der Waals surface area contributed by atoms with E-state index in [1.165, 1.54) is 99.8 Å². The molecule has 1 heterocycles. The van der Waals surface area contributed by atoms with Crippen LogP contribution in [-0.2, 0) is 10.8 Å². The Hall–Kier alpha value is -5.92. The molecule has 1 atom stereocenters. The van der Waals surface area contributed by atoms with E-state index < -0.39 is 0 Å². The van der Waals surface area contributed by atoms with Crippen molar-refractivity contribution >= 4 is 38.6 Å².